The summed E-state index contributed by atoms with van der Waals surface area (Å²) in [5.74, 6) is -2.05. The lowest BCUT2D eigenvalue weighted by molar-refractivity contribution is -0.138. The highest BCUT2D eigenvalue weighted by Gasteiger charge is 2.33. The van der Waals surface area contributed by atoms with E-state index < -0.39 is 35.8 Å². The maximum Gasteiger partial charge on any atom is 0.416 e. The number of rotatable bonds is 5. The van der Waals surface area contributed by atoms with Gasteiger partial charge in [0.25, 0.3) is 11.8 Å². The average molecular weight is 505 g/mol. The number of aryl methyl sites for hydroxylation is 1. The Kier molecular flexibility index (Phi) is 6.91. The third-order valence-electron chi connectivity index (χ3n) is 4.07. The number of hydrogen-bond donors (Lipinski definition) is 3. The third-order valence-corrected chi connectivity index (χ3v) is 5.51. The molecule has 0 aliphatic carbocycles. The van der Waals surface area contributed by atoms with Gasteiger partial charge < -0.3 is 15.7 Å². The van der Waals surface area contributed by atoms with E-state index in [1.165, 1.54) is 18.2 Å². The Morgan fingerprint density at radius 3 is 2.50 bits per heavy atom. The Hall–Kier alpha value is -2.89. The fourth-order valence-electron chi connectivity index (χ4n) is 2.64. The van der Waals surface area contributed by atoms with Gasteiger partial charge in [0.15, 0.2) is 16.6 Å². The number of pyridine rings is 1. The molecule has 3 N–H and O–H groups in total. The van der Waals surface area contributed by atoms with Gasteiger partial charge in [-0.15, -0.1) is 11.3 Å². The van der Waals surface area contributed by atoms with Crippen molar-refractivity contribution in [3.8, 4) is 5.75 Å². The van der Waals surface area contributed by atoms with Gasteiger partial charge >= 0.3 is 6.18 Å². The summed E-state index contributed by atoms with van der Waals surface area (Å²) in [6, 6.07) is 5.93. The van der Waals surface area contributed by atoms with Crippen LogP contribution in [0.1, 0.15) is 37.1 Å². The largest absolute Gasteiger partial charge is 0.504 e. The summed E-state index contributed by atoms with van der Waals surface area (Å²) in [5.41, 5.74) is -1.39. The lowest BCUT2D eigenvalue weighted by Gasteiger charge is -2.13. The molecular weight excluding hydrogens is 492 g/mol. The molecule has 0 atom stereocenters. The van der Waals surface area contributed by atoms with Crippen molar-refractivity contribution in [3.05, 3.63) is 68.0 Å². The molecule has 0 aliphatic rings. The molecule has 1 aromatic carbocycles. The number of nitrogens with zero attached hydrogens (tertiary/aromatic N) is 2. The van der Waals surface area contributed by atoms with Crippen LogP contribution in [0.5, 0.6) is 5.75 Å². The Morgan fingerprint density at radius 1 is 1.16 bits per heavy atom. The fourth-order valence-corrected chi connectivity index (χ4v) is 3.88. The molecule has 3 rings (SSSR count). The zero-order chi connectivity index (χ0) is 23.6. The smallest absolute Gasteiger partial charge is 0.416 e. The van der Waals surface area contributed by atoms with Crippen LogP contribution in [0.15, 0.2) is 30.3 Å². The van der Waals surface area contributed by atoms with Crippen molar-refractivity contribution in [2.75, 3.05) is 5.32 Å². The number of thiazole rings is 1. The van der Waals surface area contributed by atoms with E-state index in [9.17, 15) is 27.9 Å². The van der Waals surface area contributed by atoms with Crippen LogP contribution in [-0.4, -0.2) is 26.9 Å². The lowest BCUT2D eigenvalue weighted by Crippen LogP contribution is -2.26. The topological polar surface area (TPSA) is 104 Å². The van der Waals surface area contributed by atoms with E-state index in [1.807, 2.05) is 0 Å². The quantitative estimate of drug-likeness (QED) is 0.421. The predicted molar refractivity (Wildman–Crippen MR) is 113 cm³/mol. The molecule has 2 amide bonds. The van der Waals surface area contributed by atoms with Gasteiger partial charge in [0.05, 0.1) is 15.6 Å². The van der Waals surface area contributed by atoms with Crippen LogP contribution in [0.25, 0.3) is 0 Å². The van der Waals surface area contributed by atoms with E-state index in [-0.39, 0.29) is 32.1 Å². The summed E-state index contributed by atoms with van der Waals surface area (Å²) < 4.78 is 39.4. The van der Waals surface area contributed by atoms with E-state index >= 15 is 0 Å². The SMILES string of the molecule is Cc1nc(C(=O)NCc2ccccc2C(F)(F)F)c(NC(=O)c2cc(Cl)c(O)c(Cl)n2)s1. The van der Waals surface area contributed by atoms with Crippen molar-refractivity contribution in [1.82, 2.24) is 15.3 Å². The first kappa shape index (κ1) is 23.8. The number of halogens is 5. The first-order chi connectivity index (χ1) is 15.0. The summed E-state index contributed by atoms with van der Waals surface area (Å²) >= 11 is 12.5. The first-order valence-electron chi connectivity index (χ1n) is 8.74. The Labute approximate surface area is 193 Å². The third kappa shape index (κ3) is 5.29. The minimum Gasteiger partial charge on any atom is -0.504 e. The number of carbonyl (C=O) groups is 2. The molecule has 0 aliphatic heterocycles. The van der Waals surface area contributed by atoms with Crippen molar-refractivity contribution in [2.45, 2.75) is 19.6 Å². The number of alkyl halides is 3. The lowest BCUT2D eigenvalue weighted by atomic mass is 10.1. The van der Waals surface area contributed by atoms with Gasteiger partial charge in [-0.25, -0.2) is 9.97 Å². The maximum atomic E-state index is 13.1. The number of carbonyl (C=O) groups excluding carboxylic acids is 2. The summed E-state index contributed by atoms with van der Waals surface area (Å²) in [7, 11) is 0. The van der Waals surface area contributed by atoms with Gasteiger partial charge in [-0.2, -0.15) is 13.2 Å². The number of aromatic nitrogens is 2. The summed E-state index contributed by atoms with van der Waals surface area (Å²) in [5, 5.41) is 14.3. The van der Waals surface area contributed by atoms with Gasteiger partial charge in [-0.05, 0) is 24.6 Å². The standard InChI is InChI=1S/C19H13Cl2F3N4O3S/c1-8-26-13(17(31)25-7-9-4-2-3-5-10(9)19(22,23)24)18(32-8)28-16(30)12-6-11(20)14(29)15(21)27-12/h2-6,29H,7H2,1H3,(H,25,31)(H,28,30). The van der Waals surface area contributed by atoms with Gasteiger partial charge in [-0.3, -0.25) is 9.59 Å². The van der Waals surface area contributed by atoms with E-state index in [0.29, 0.717) is 5.01 Å². The van der Waals surface area contributed by atoms with Gasteiger partial charge in [-0.1, -0.05) is 41.4 Å². The van der Waals surface area contributed by atoms with E-state index in [4.69, 9.17) is 23.2 Å². The summed E-state index contributed by atoms with van der Waals surface area (Å²) in [4.78, 5) is 32.9. The highest BCUT2D eigenvalue weighted by atomic mass is 35.5. The molecule has 0 fully saturated rings. The van der Waals surface area contributed by atoms with Crippen LogP contribution in [0.4, 0.5) is 18.2 Å². The number of amides is 2. The maximum absolute atomic E-state index is 13.1. The van der Waals surface area contributed by atoms with E-state index in [0.717, 1.165) is 23.5 Å². The molecule has 0 bridgehead atoms. The van der Waals surface area contributed by atoms with Crippen molar-refractivity contribution in [1.29, 1.82) is 0 Å². The fraction of sp³-hybridized carbons (Fsp3) is 0.158. The molecule has 2 heterocycles. The molecule has 0 saturated heterocycles. The molecule has 32 heavy (non-hydrogen) atoms. The zero-order valence-corrected chi connectivity index (χ0v) is 18.4. The van der Waals surface area contributed by atoms with Crippen molar-refractivity contribution < 1.29 is 27.9 Å². The van der Waals surface area contributed by atoms with Crippen LogP contribution in [-0.2, 0) is 12.7 Å². The molecule has 168 valence electrons. The highest BCUT2D eigenvalue weighted by Crippen LogP contribution is 2.33. The Balaban J connectivity index is 1.78. The molecule has 0 radical (unpaired) electrons. The molecule has 0 unspecified atom stereocenters. The average Bonchev–Trinajstić information content (AvgIpc) is 3.09. The summed E-state index contributed by atoms with van der Waals surface area (Å²) in [6.07, 6.45) is -4.57. The summed E-state index contributed by atoms with van der Waals surface area (Å²) in [6.45, 7) is 1.19. The first-order valence-corrected chi connectivity index (χ1v) is 10.3. The van der Waals surface area contributed by atoms with Crippen LogP contribution >= 0.6 is 34.5 Å². The van der Waals surface area contributed by atoms with Crippen LogP contribution in [0.2, 0.25) is 10.2 Å². The van der Waals surface area contributed by atoms with Crippen molar-refractivity contribution >= 4 is 51.4 Å². The van der Waals surface area contributed by atoms with Crippen LogP contribution in [0.3, 0.4) is 0 Å². The number of anilines is 1. The van der Waals surface area contributed by atoms with Crippen LogP contribution in [0, 0.1) is 6.92 Å². The number of nitrogens with one attached hydrogen (secondary N) is 2. The van der Waals surface area contributed by atoms with Crippen molar-refractivity contribution in [2.24, 2.45) is 0 Å². The molecule has 13 heteroatoms. The second kappa shape index (κ2) is 9.31. The minimum absolute atomic E-state index is 0.0521. The van der Waals surface area contributed by atoms with E-state index in [1.54, 1.807) is 6.92 Å². The Morgan fingerprint density at radius 2 is 1.84 bits per heavy atom. The molecule has 0 spiro atoms. The van der Waals surface area contributed by atoms with Gasteiger partial charge in [0.2, 0.25) is 0 Å². The number of hydrogen-bond acceptors (Lipinski definition) is 6. The predicted octanol–water partition coefficient (Wildman–Crippen LogP) is 5.06. The normalized spacial score (nSPS) is 11.3. The zero-order valence-electron chi connectivity index (χ0n) is 16.1. The van der Waals surface area contributed by atoms with Gasteiger partial charge in [0.1, 0.15) is 10.7 Å². The molecule has 2 aromatic heterocycles. The minimum atomic E-state index is -4.57. The number of benzene rings is 1. The molecular formula is C19H13Cl2F3N4O3S. The van der Waals surface area contributed by atoms with E-state index in [2.05, 4.69) is 20.6 Å². The highest BCUT2D eigenvalue weighted by molar-refractivity contribution is 7.16. The number of aromatic hydroxyl groups is 1. The second-order valence-electron chi connectivity index (χ2n) is 6.33. The second-order valence-corrected chi connectivity index (χ2v) is 8.30. The van der Waals surface area contributed by atoms with Crippen LogP contribution < -0.4 is 10.6 Å². The monoisotopic (exact) mass is 504 g/mol. The molecule has 7 nitrogen and oxygen atoms in total. The molecule has 3 aromatic rings. The van der Waals surface area contributed by atoms with Crippen molar-refractivity contribution in [3.63, 3.8) is 0 Å². The van der Waals surface area contributed by atoms with Gasteiger partial charge in [0, 0.05) is 6.54 Å². The molecule has 0 saturated carbocycles. The Bertz CT molecular complexity index is 1180.